The maximum absolute atomic E-state index is 2.62. The van der Waals surface area contributed by atoms with E-state index in [4.69, 9.17) is 0 Å². The van der Waals surface area contributed by atoms with Crippen molar-refractivity contribution in [3.05, 3.63) is 0 Å². The molecule has 2 heterocycles. The molecule has 0 aromatic rings. The molecule has 2 rings (SSSR count). The van der Waals surface area contributed by atoms with Crippen molar-refractivity contribution in [2.45, 2.75) is 86.2 Å². The molecule has 0 atom stereocenters. The smallest absolute Gasteiger partial charge is 0.0126 e. The topological polar surface area (TPSA) is 9.72 Å². The SMILES string of the molecule is CC(C)(C)C1CCN(C(C)(C)C)CC1.CN1CCN(C(C)(C)C)CC1. The van der Waals surface area contributed by atoms with Crippen LogP contribution in [0.4, 0.5) is 0 Å². The van der Waals surface area contributed by atoms with Gasteiger partial charge in [-0.1, -0.05) is 20.8 Å². The second-order valence-electron chi connectivity index (χ2n) is 11.3. The van der Waals surface area contributed by atoms with E-state index in [-0.39, 0.29) is 0 Å². The third kappa shape index (κ3) is 7.97. The number of piperidine rings is 1. The summed E-state index contributed by atoms with van der Waals surface area (Å²) in [5, 5.41) is 0. The molecule has 0 aromatic heterocycles. The van der Waals surface area contributed by atoms with Crippen LogP contribution >= 0.6 is 0 Å². The highest BCUT2D eigenvalue weighted by molar-refractivity contribution is 4.85. The molecule has 0 bridgehead atoms. The summed E-state index contributed by atoms with van der Waals surface area (Å²) in [5.74, 6) is 0.918. The van der Waals surface area contributed by atoms with Gasteiger partial charge in [0.05, 0.1) is 0 Å². The third-order valence-corrected chi connectivity index (χ3v) is 6.12. The summed E-state index contributed by atoms with van der Waals surface area (Å²) in [6, 6.07) is 0. The van der Waals surface area contributed by atoms with Crippen LogP contribution in [0.5, 0.6) is 0 Å². The van der Waals surface area contributed by atoms with Crippen LogP contribution in [0, 0.1) is 11.3 Å². The van der Waals surface area contributed by atoms with Crippen LogP contribution in [0.1, 0.15) is 75.2 Å². The normalized spacial score (nSPS) is 23.3. The number of piperazine rings is 1. The lowest BCUT2D eigenvalue weighted by molar-refractivity contribution is 0.0532. The number of hydrogen-bond donors (Lipinski definition) is 0. The van der Waals surface area contributed by atoms with Gasteiger partial charge in [-0.25, -0.2) is 0 Å². The Morgan fingerprint density at radius 3 is 1.24 bits per heavy atom. The Morgan fingerprint density at radius 2 is 0.920 bits per heavy atom. The Morgan fingerprint density at radius 1 is 0.560 bits per heavy atom. The molecule has 0 amide bonds. The van der Waals surface area contributed by atoms with Crippen LogP contribution < -0.4 is 0 Å². The van der Waals surface area contributed by atoms with Gasteiger partial charge in [-0.3, -0.25) is 9.80 Å². The fourth-order valence-corrected chi connectivity index (χ4v) is 3.89. The molecule has 2 aliphatic heterocycles. The van der Waals surface area contributed by atoms with Crippen molar-refractivity contribution in [2.24, 2.45) is 11.3 Å². The summed E-state index contributed by atoms with van der Waals surface area (Å²) >= 11 is 0. The summed E-state index contributed by atoms with van der Waals surface area (Å²) in [7, 11) is 2.19. The third-order valence-electron chi connectivity index (χ3n) is 6.12. The first kappa shape index (κ1) is 22.9. The van der Waals surface area contributed by atoms with Gasteiger partial charge in [-0.15, -0.1) is 0 Å². The van der Waals surface area contributed by atoms with Gasteiger partial charge in [0.25, 0.3) is 0 Å². The van der Waals surface area contributed by atoms with Gasteiger partial charge < -0.3 is 4.90 Å². The fraction of sp³-hybridized carbons (Fsp3) is 1.00. The van der Waals surface area contributed by atoms with E-state index in [0.717, 1.165) is 5.92 Å². The zero-order valence-electron chi connectivity index (χ0n) is 19.1. The predicted molar refractivity (Wildman–Crippen MR) is 112 cm³/mol. The van der Waals surface area contributed by atoms with Crippen LogP contribution in [-0.4, -0.2) is 72.1 Å². The molecule has 0 aromatic carbocycles. The molecular weight excluding hydrogens is 306 g/mol. The highest BCUT2D eigenvalue weighted by Crippen LogP contribution is 2.35. The molecule has 2 aliphatic rings. The average Bonchev–Trinajstić information content (AvgIpc) is 2.46. The van der Waals surface area contributed by atoms with Crippen molar-refractivity contribution in [2.75, 3.05) is 46.3 Å². The first-order valence-corrected chi connectivity index (χ1v) is 10.4. The Labute approximate surface area is 159 Å². The molecule has 3 heteroatoms. The van der Waals surface area contributed by atoms with Crippen molar-refractivity contribution in [3.63, 3.8) is 0 Å². The van der Waals surface area contributed by atoms with E-state index < -0.39 is 0 Å². The maximum Gasteiger partial charge on any atom is 0.0126 e. The molecule has 25 heavy (non-hydrogen) atoms. The summed E-state index contributed by atoms with van der Waals surface area (Å²) in [6.07, 6.45) is 2.75. The highest BCUT2D eigenvalue weighted by Gasteiger charge is 2.32. The van der Waals surface area contributed by atoms with E-state index >= 15 is 0 Å². The van der Waals surface area contributed by atoms with E-state index in [1.54, 1.807) is 0 Å². The second-order valence-corrected chi connectivity index (χ2v) is 11.3. The summed E-state index contributed by atoms with van der Waals surface area (Å²) in [5.41, 5.74) is 1.23. The van der Waals surface area contributed by atoms with Gasteiger partial charge in [0, 0.05) is 37.3 Å². The lowest BCUT2D eigenvalue weighted by Gasteiger charge is -2.44. The predicted octanol–water partition coefficient (Wildman–Crippen LogP) is 4.58. The van der Waals surface area contributed by atoms with E-state index in [0.29, 0.717) is 16.5 Å². The fourth-order valence-electron chi connectivity index (χ4n) is 3.89. The van der Waals surface area contributed by atoms with Gasteiger partial charge >= 0.3 is 0 Å². The quantitative estimate of drug-likeness (QED) is 0.631. The second kappa shape index (κ2) is 8.71. The first-order valence-electron chi connectivity index (χ1n) is 10.4. The lowest BCUT2D eigenvalue weighted by atomic mass is 9.75. The van der Waals surface area contributed by atoms with Gasteiger partial charge in [0.1, 0.15) is 0 Å². The molecular formula is C22H47N3. The standard InChI is InChI=1S/C13H27N.C9H20N2/c1-12(2,3)11-7-9-14(10-8-11)13(4,5)6;1-9(2,3)11-7-5-10(4)6-8-11/h11H,7-10H2,1-6H3;5-8H2,1-4H3. The first-order chi connectivity index (χ1) is 11.2. The number of rotatable bonds is 0. The van der Waals surface area contributed by atoms with E-state index in [2.05, 4.69) is 84.1 Å². The number of likely N-dealkylation sites (N-methyl/N-ethyl adjacent to an activating group) is 1. The number of likely N-dealkylation sites (tertiary alicyclic amines) is 1. The van der Waals surface area contributed by atoms with Crippen molar-refractivity contribution in [1.29, 1.82) is 0 Å². The van der Waals surface area contributed by atoms with Gasteiger partial charge in [0.15, 0.2) is 0 Å². The summed E-state index contributed by atoms with van der Waals surface area (Å²) < 4.78 is 0. The lowest BCUT2D eigenvalue weighted by Crippen LogP contribution is -2.52. The Kier molecular flexibility index (Phi) is 7.99. The van der Waals surface area contributed by atoms with Crippen LogP contribution in [-0.2, 0) is 0 Å². The molecule has 0 N–H and O–H groups in total. The summed E-state index contributed by atoms with van der Waals surface area (Å²) in [4.78, 5) is 7.56. The van der Waals surface area contributed by atoms with Crippen molar-refractivity contribution in [3.8, 4) is 0 Å². The molecule has 3 nitrogen and oxygen atoms in total. The molecule has 150 valence electrons. The Bertz CT molecular complexity index is 346. The molecule has 0 unspecified atom stereocenters. The van der Waals surface area contributed by atoms with Gasteiger partial charge in [-0.05, 0) is 85.9 Å². The molecule has 0 aliphatic carbocycles. The zero-order chi connectivity index (χ0) is 19.5. The number of nitrogens with zero attached hydrogens (tertiary/aromatic N) is 3. The van der Waals surface area contributed by atoms with E-state index in [9.17, 15) is 0 Å². The molecule has 0 radical (unpaired) electrons. The van der Waals surface area contributed by atoms with Crippen molar-refractivity contribution >= 4 is 0 Å². The Hall–Kier alpha value is -0.120. The highest BCUT2D eigenvalue weighted by atomic mass is 15.3. The molecule has 0 spiro atoms. The Balaban J connectivity index is 0.000000257. The zero-order valence-corrected chi connectivity index (χ0v) is 19.1. The van der Waals surface area contributed by atoms with Crippen LogP contribution in [0.2, 0.25) is 0 Å². The largest absolute Gasteiger partial charge is 0.304 e. The van der Waals surface area contributed by atoms with Gasteiger partial charge in [0.2, 0.25) is 0 Å². The monoisotopic (exact) mass is 353 g/mol. The summed E-state index contributed by atoms with van der Waals surface area (Å²) in [6.45, 7) is 28.4. The van der Waals surface area contributed by atoms with Crippen molar-refractivity contribution in [1.82, 2.24) is 14.7 Å². The maximum atomic E-state index is 2.62. The molecule has 2 saturated heterocycles. The molecule has 2 fully saturated rings. The minimum atomic E-state index is 0.362. The van der Waals surface area contributed by atoms with Crippen LogP contribution in [0.25, 0.3) is 0 Å². The van der Waals surface area contributed by atoms with Crippen LogP contribution in [0.15, 0.2) is 0 Å². The molecule has 0 saturated carbocycles. The van der Waals surface area contributed by atoms with Crippen LogP contribution in [0.3, 0.4) is 0 Å². The minimum absolute atomic E-state index is 0.362. The van der Waals surface area contributed by atoms with E-state index in [1.165, 1.54) is 52.1 Å². The number of hydrogen-bond acceptors (Lipinski definition) is 3. The minimum Gasteiger partial charge on any atom is -0.304 e. The average molecular weight is 354 g/mol. The van der Waals surface area contributed by atoms with Gasteiger partial charge in [-0.2, -0.15) is 0 Å². The van der Waals surface area contributed by atoms with E-state index in [1.807, 2.05) is 0 Å². The van der Waals surface area contributed by atoms with Crippen molar-refractivity contribution < 1.29 is 0 Å².